The zero-order valence-electron chi connectivity index (χ0n) is 23.3. The van der Waals surface area contributed by atoms with Gasteiger partial charge in [-0.1, -0.05) is 24.3 Å². The lowest BCUT2D eigenvalue weighted by Gasteiger charge is -2.21. The zero-order chi connectivity index (χ0) is 28.4. The molecular weight excluding hydrogens is 496 g/mol. The summed E-state index contributed by atoms with van der Waals surface area (Å²) in [5.74, 6) is 0. The van der Waals surface area contributed by atoms with Crippen molar-refractivity contribution < 1.29 is 19.1 Å². The summed E-state index contributed by atoms with van der Waals surface area (Å²) in [4.78, 5) is 41.2. The van der Waals surface area contributed by atoms with Gasteiger partial charge in [-0.15, -0.1) is 0 Å². The van der Waals surface area contributed by atoms with Gasteiger partial charge in [-0.2, -0.15) is 0 Å². The fraction of sp³-hybridized carbons (Fsp3) is 0.367. The lowest BCUT2D eigenvalue weighted by molar-refractivity contribution is 0.0523. The molecule has 1 amide bonds. The number of ether oxygens (including phenoxy) is 2. The molecule has 0 saturated heterocycles. The molecule has 2 aromatic carbocycles. The number of hydrogen-bond donors (Lipinski definition) is 3. The normalized spacial score (nSPS) is 12.1. The van der Waals surface area contributed by atoms with Gasteiger partial charge in [0.15, 0.2) is 0 Å². The molecule has 2 heterocycles. The van der Waals surface area contributed by atoms with Gasteiger partial charge in [0.05, 0.1) is 16.8 Å². The number of pyridine rings is 1. The molecule has 0 aliphatic heterocycles. The molecule has 0 spiro atoms. The predicted molar refractivity (Wildman–Crippen MR) is 153 cm³/mol. The van der Waals surface area contributed by atoms with E-state index in [4.69, 9.17) is 9.47 Å². The van der Waals surface area contributed by atoms with Gasteiger partial charge in [0.25, 0.3) is 5.56 Å². The van der Waals surface area contributed by atoms with Gasteiger partial charge in [-0.25, -0.2) is 14.2 Å². The van der Waals surface area contributed by atoms with E-state index in [1.807, 2.05) is 69.3 Å². The van der Waals surface area contributed by atoms with Gasteiger partial charge < -0.3 is 25.1 Å². The van der Waals surface area contributed by atoms with E-state index in [0.29, 0.717) is 36.4 Å². The summed E-state index contributed by atoms with van der Waals surface area (Å²) >= 11 is 0. The van der Waals surface area contributed by atoms with Crippen LogP contribution in [0.3, 0.4) is 0 Å². The van der Waals surface area contributed by atoms with Crippen molar-refractivity contribution in [3.05, 3.63) is 70.5 Å². The summed E-state index contributed by atoms with van der Waals surface area (Å²) < 4.78 is 12.4. The van der Waals surface area contributed by atoms with Crippen LogP contribution in [0.25, 0.3) is 33.1 Å². The first-order valence-electron chi connectivity index (χ1n) is 13.0. The van der Waals surface area contributed by atoms with Crippen LogP contribution < -0.4 is 16.2 Å². The summed E-state index contributed by atoms with van der Waals surface area (Å²) in [5.41, 5.74) is 1.64. The summed E-state index contributed by atoms with van der Waals surface area (Å²) in [6.07, 6.45) is -1.01. The lowest BCUT2D eigenvalue weighted by atomic mass is 10.1. The smallest absolute Gasteiger partial charge is 0.419 e. The van der Waals surface area contributed by atoms with Crippen molar-refractivity contribution >= 4 is 34.0 Å². The number of H-pyrrole nitrogens is 1. The number of hydrogen-bond acceptors (Lipinski definition) is 6. The van der Waals surface area contributed by atoms with Crippen molar-refractivity contribution in [2.45, 2.75) is 59.3 Å². The minimum Gasteiger partial charge on any atom is -0.444 e. The topological polar surface area (TPSA) is 114 Å². The van der Waals surface area contributed by atoms with Crippen molar-refractivity contribution in [3.8, 4) is 11.3 Å². The average molecular weight is 533 g/mol. The Balaban J connectivity index is 1.60. The maximum Gasteiger partial charge on any atom is 0.419 e. The summed E-state index contributed by atoms with van der Waals surface area (Å²) in [6.45, 7) is 12.4. The van der Waals surface area contributed by atoms with Gasteiger partial charge in [-0.3, -0.25) is 4.79 Å². The van der Waals surface area contributed by atoms with Gasteiger partial charge in [0.2, 0.25) is 0 Å². The van der Waals surface area contributed by atoms with E-state index in [2.05, 4.69) is 15.6 Å². The van der Waals surface area contributed by atoms with Crippen LogP contribution in [0.2, 0.25) is 0 Å². The van der Waals surface area contributed by atoms with E-state index in [1.54, 1.807) is 26.8 Å². The second-order valence-corrected chi connectivity index (χ2v) is 11.4. The molecule has 0 unspecified atom stereocenters. The van der Waals surface area contributed by atoms with Gasteiger partial charge in [0, 0.05) is 30.5 Å². The Morgan fingerprint density at radius 3 is 2.31 bits per heavy atom. The molecule has 9 heteroatoms. The van der Waals surface area contributed by atoms with E-state index in [-0.39, 0.29) is 5.56 Å². The number of para-hydroxylation sites is 1. The largest absolute Gasteiger partial charge is 0.444 e. The Morgan fingerprint density at radius 1 is 0.872 bits per heavy atom. The number of nitrogens with zero attached hydrogens (tertiary/aromatic N) is 1. The molecular formula is C30H36N4O5. The number of alkyl carbamates (subject to hydrolysis) is 1. The SMILES string of the molecule is CC(C)(C)OC(=O)NCCNCc1ccc2c(c1)cc(-c1cc3ccccc3[nH]c1=O)n2C(=O)OC(C)(C)C. The van der Waals surface area contributed by atoms with Gasteiger partial charge >= 0.3 is 12.2 Å². The molecule has 0 fully saturated rings. The van der Waals surface area contributed by atoms with Crippen LogP contribution in [-0.4, -0.2) is 46.0 Å². The van der Waals surface area contributed by atoms with E-state index in [0.717, 1.165) is 21.9 Å². The fourth-order valence-corrected chi connectivity index (χ4v) is 4.21. The van der Waals surface area contributed by atoms with E-state index < -0.39 is 23.4 Å². The Kier molecular flexibility index (Phi) is 7.83. The van der Waals surface area contributed by atoms with Crippen molar-refractivity contribution in [2.75, 3.05) is 13.1 Å². The molecule has 9 nitrogen and oxygen atoms in total. The fourth-order valence-electron chi connectivity index (χ4n) is 4.21. The molecule has 0 saturated carbocycles. The molecule has 0 aliphatic rings. The maximum absolute atomic E-state index is 13.3. The highest BCUT2D eigenvalue weighted by Crippen LogP contribution is 2.30. The molecule has 206 valence electrons. The van der Waals surface area contributed by atoms with Crippen LogP contribution in [0.5, 0.6) is 0 Å². The van der Waals surface area contributed by atoms with Crippen molar-refractivity contribution in [2.24, 2.45) is 0 Å². The second kappa shape index (κ2) is 10.9. The number of fused-ring (bicyclic) bond motifs is 2. The Bertz CT molecular complexity index is 1570. The summed E-state index contributed by atoms with van der Waals surface area (Å²) in [5, 5.41) is 7.68. The van der Waals surface area contributed by atoms with Gasteiger partial charge in [0.1, 0.15) is 11.2 Å². The first kappa shape index (κ1) is 27.9. The molecule has 39 heavy (non-hydrogen) atoms. The summed E-state index contributed by atoms with van der Waals surface area (Å²) in [7, 11) is 0. The maximum atomic E-state index is 13.3. The van der Waals surface area contributed by atoms with Crippen LogP contribution in [-0.2, 0) is 16.0 Å². The highest BCUT2D eigenvalue weighted by Gasteiger charge is 2.24. The van der Waals surface area contributed by atoms with E-state index in [1.165, 1.54) is 4.57 Å². The van der Waals surface area contributed by atoms with Crippen LogP contribution in [0.15, 0.2) is 59.4 Å². The Hall–Kier alpha value is -4.11. The molecule has 2 aromatic heterocycles. The van der Waals surface area contributed by atoms with Crippen molar-refractivity contribution in [1.29, 1.82) is 0 Å². The molecule has 4 aromatic rings. The minimum atomic E-state index is -0.710. The first-order valence-corrected chi connectivity index (χ1v) is 13.0. The average Bonchev–Trinajstić information content (AvgIpc) is 3.20. The standard InChI is InChI=1S/C30H36N4O5/c1-29(2,3)38-27(36)32-14-13-31-18-19-11-12-24-21(15-19)17-25(34(24)28(37)39-30(4,5)6)22-16-20-9-7-8-10-23(20)33-26(22)35/h7-12,15-17,31H,13-14,18H2,1-6H3,(H,32,36)(H,33,35). The number of aromatic nitrogens is 2. The highest BCUT2D eigenvalue weighted by molar-refractivity contribution is 5.97. The third-order valence-corrected chi connectivity index (χ3v) is 5.77. The zero-order valence-corrected chi connectivity index (χ0v) is 23.3. The molecule has 0 atom stereocenters. The molecule has 0 radical (unpaired) electrons. The number of nitrogens with one attached hydrogen (secondary N) is 3. The first-order chi connectivity index (χ1) is 18.3. The third-order valence-electron chi connectivity index (χ3n) is 5.77. The Labute approximate surface area is 227 Å². The molecule has 0 bridgehead atoms. The third kappa shape index (κ3) is 7.06. The number of carbonyl (C=O) groups excluding carboxylic acids is 2. The van der Waals surface area contributed by atoms with Crippen LogP contribution >= 0.6 is 0 Å². The second-order valence-electron chi connectivity index (χ2n) is 11.4. The van der Waals surface area contributed by atoms with Crippen molar-refractivity contribution in [3.63, 3.8) is 0 Å². The van der Waals surface area contributed by atoms with E-state index in [9.17, 15) is 14.4 Å². The van der Waals surface area contributed by atoms with Crippen molar-refractivity contribution in [1.82, 2.24) is 20.2 Å². The minimum absolute atomic E-state index is 0.291. The molecule has 3 N–H and O–H groups in total. The highest BCUT2D eigenvalue weighted by atomic mass is 16.6. The quantitative estimate of drug-likeness (QED) is 0.281. The molecule has 4 rings (SSSR count). The van der Waals surface area contributed by atoms with Gasteiger partial charge in [-0.05, 0) is 82.8 Å². The number of carbonyl (C=O) groups is 2. The predicted octanol–water partition coefficient (Wildman–Crippen LogP) is 5.55. The Morgan fingerprint density at radius 2 is 1.59 bits per heavy atom. The monoisotopic (exact) mass is 532 g/mol. The molecule has 0 aliphatic carbocycles. The van der Waals surface area contributed by atoms with Crippen LogP contribution in [0.1, 0.15) is 47.1 Å². The van der Waals surface area contributed by atoms with Crippen LogP contribution in [0.4, 0.5) is 9.59 Å². The number of aromatic amines is 1. The summed E-state index contributed by atoms with van der Waals surface area (Å²) in [6, 6.07) is 16.9. The number of rotatable bonds is 6. The van der Waals surface area contributed by atoms with E-state index >= 15 is 0 Å². The number of amides is 1. The van der Waals surface area contributed by atoms with Crippen LogP contribution in [0, 0.1) is 0 Å². The lowest BCUT2D eigenvalue weighted by Crippen LogP contribution is -2.36. The number of benzene rings is 2.